The van der Waals surface area contributed by atoms with Crippen LogP contribution in [0.1, 0.15) is 35.9 Å². The van der Waals surface area contributed by atoms with E-state index in [4.69, 9.17) is 5.73 Å². The molecule has 3 heteroatoms. The van der Waals surface area contributed by atoms with Crippen molar-refractivity contribution in [3.05, 3.63) is 21.9 Å². The summed E-state index contributed by atoms with van der Waals surface area (Å²) in [6.45, 7) is 5.09. The molecule has 1 fully saturated rings. The van der Waals surface area contributed by atoms with E-state index in [-0.39, 0.29) is 0 Å². The zero-order valence-electron chi connectivity index (χ0n) is 10.4. The largest absolute Gasteiger partial charge is 0.320 e. The summed E-state index contributed by atoms with van der Waals surface area (Å²) in [6, 6.07) is 5.04. The van der Waals surface area contributed by atoms with Gasteiger partial charge in [0.15, 0.2) is 0 Å². The van der Waals surface area contributed by atoms with Gasteiger partial charge < -0.3 is 5.73 Å². The van der Waals surface area contributed by atoms with Crippen molar-refractivity contribution in [1.82, 2.24) is 4.90 Å². The maximum Gasteiger partial charge on any atom is 0.0772 e. The fourth-order valence-electron chi connectivity index (χ4n) is 2.26. The zero-order valence-corrected chi connectivity index (χ0v) is 11.2. The fraction of sp³-hybridized carbons (Fsp3) is 0.571. The van der Waals surface area contributed by atoms with Gasteiger partial charge in [-0.25, -0.2) is 0 Å². The van der Waals surface area contributed by atoms with E-state index in [0.717, 1.165) is 17.5 Å². The molecule has 0 bridgehead atoms. The van der Waals surface area contributed by atoms with Crippen molar-refractivity contribution in [3.8, 4) is 11.8 Å². The lowest BCUT2D eigenvalue weighted by Crippen LogP contribution is -2.36. The molecule has 92 valence electrons. The molecule has 2 N–H and O–H groups in total. The standard InChI is InChI=1S/C14H20N2S/c1-12-5-2-3-10-16(12)11-14-8-7-13(17-14)6-4-9-15/h7-8,12H,2-3,5,9-11,15H2,1H3. The van der Waals surface area contributed by atoms with E-state index >= 15 is 0 Å². The van der Waals surface area contributed by atoms with E-state index in [0.29, 0.717) is 6.54 Å². The van der Waals surface area contributed by atoms with E-state index in [2.05, 4.69) is 35.8 Å². The Hall–Kier alpha value is -0.820. The van der Waals surface area contributed by atoms with Gasteiger partial charge in [-0.05, 0) is 38.4 Å². The van der Waals surface area contributed by atoms with Crippen LogP contribution < -0.4 is 5.73 Å². The Morgan fingerprint density at radius 2 is 2.35 bits per heavy atom. The van der Waals surface area contributed by atoms with Gasteiger partial charge in [0.25, 0.3) is 0 Å². The first-order valence-electron chi connectivity index (χ1n) is 6.31. The maximum atomic E-state index is 5.37. The van der Waals surface area contributed by atoms with Crippen molar-refractivity contribution < 1.29 is 0 Å². The second kappa shape index (κ2) is 6.20. The van der Waals surface area contributed by atoms with Crippen LogP contribution in [-0.2, 0) is 6.54 Å². The van der Waals surface area contributed by atoms with Gasteiger partial charge in [-0.15, -0.1) is 11.3 Å². The second-order valence-electron chi connectivity index (χ2n) is 4.59. The van der Waals surface area contributed by atoms with Gasteiger partial charge in [0.05, 0.1) is 11.4 Å². The highest BCUT2D eigenvalue weighted by molar-refractivity contribution is 7.12. The predicted octanol–water partition coefficient (Wildman–Crippen LogP) is 2.43. The number of nitrogens with zero attached hydrogens (tertiary/aromatic N) is 1. The highest BCUT2D eigenvalue weighted by Gasteiger charge is 2.18. The highest BCUT2D eigenvalue weighted by atomic mass is 32.1. The van der Waals surface area contributed by atoms with Crippen molar-refractivity contribution >= 4 is 11.3 Å². The fourth-order valence-corrected chi connectivity index (χ4v) is 3.17. The third-order valence-corrected chi connectivity index (χ3v) is 4.26. The average molecular weight is 248 g/mol. The molecule has 0 amide bonds. The molecule has 1 atom stereocenters. The second-order valence-corrected chi connectivity index (χ2v) is 5.76. The Labute approximate surface area is 108 Å². The number of rotatable bonds is 2. The quantitative estimate of drug-likeness (QED) is 0.815. The Morgan fingerprint density at radius 3 is 3.12 bits per heavy atom. The summed E-state index contributed by atoms with van der Waals surface area (Å²) in [6.07, 6.45) is 4.07. The van der Waals surface area contributed by atoms with Crippen LogP contribution in [0.2, 0.25) is 0 Å². The monoisotopic (exact) mass is 248 g/mol. The lowest BCUT2D eigenvalue weighted by atomic mass is 10.0. The van der Waals surface area contributed by atoms with Gasteiger partial charge in [-0.2, -0.15) is 0 Å². The smallest absolute Gasteiger partial charge is 0.0772 e. The number of nitrogens with two attached hydrogens (primary N) is 1. The minimum absolute atomic E-state index is 0.441. The third-order valence-electron chi connectivity index (χ3n) is 3.27. The van der Waals surface area contributed by atoms with Gasteiger partial charge in [0.1, 0.15) is 0 Å². The first kappa shape index (κ1) is 12.6. The normalized spacial score (nSPS) is 20.9. The van der Waals surface area contributed by atoms with Gasteiger partial charge in [-0.3, -0.25) is 4.90 Å². The van der Waals surface area contributed by atoms with Crippen LogP contribution in [-0.4, -0.2) is 24.0 Å². The number of hydrogen-bond acceptors (Lipinski definition) is 3. The molecule has 1 aliphatic rings. The number of thiophene rings is 1. The lowest BCUT2D eigenvalue weighted by molar-refractivity contribution is 0.154. The molecule has 1 aromatic rings. The molecule has 1 saturated heterocycles. The van der Waals surface area contributed by atoms with Crippen molar-refractivity contribution in [1.29, 1.82) is 0 Å². The summed E-state index contributed by atoms with van der Waals surface area (Å²) < 4.78 is 0. The molecule has 0 saturated carbocycles. The Kier molecular flexibility index (Phi) is 4.61. The van der Waals surface area contributed by atoms with Crippen molar-refractivity contribution in [3.63, 3.8) is 0 Å². The Bertz CT molecular complexity index is 413. The minimum Gasteiger partial charge on any atom is -0.320 e. The summed E-state index contributed by atoms with van der Waals surface area (Å²) in [5.41, 5.74) is 5.37. The number of hydrogen-bond donors (Lipinski definition) is 1. The molecular formula is C14H20N2S. The van der Waals surface area contributed by atoms with E-state index in [9.17, 15) is 0 Å². The maximum absolute atomic E-state index is 5.37. The zero-order chi connectivity index (χ0) is 12.1. The van der Waals surface area contributed by atoms with Gasteiger partial charge in [-0.1, -0.05) is 18.3 Å². The molecule has 17 heavy (non-hydrogen) atoms. The van der Waals surface area contributed by atoms with Gasteiger partial charge in [0, 0.05) is 17.5 Å². The molecule has 1 aromatic heterocycles. The van der Waals surface area contributed by atoms with Crippen molar-refractivity contribution in [2.45, 2.75) is 38.8 Å². The van der Waals surface area contributed by atoms with Gasteiger partial charge in [0.2, 0.25) is 0 Å². The van der Waals surface area contributed by atoms with Crippen LogP contribution in [0.5, 0.6) is 0 Å². The van der Waals surface area contributed by atoms with E-state index < -0.39 is 0 Å². The van der Waals surface area contributed by atoms with Crippen LogP contribution >= 0.6 is 11.3 Å². The first-order chi connectivity index (χ1) is 8.29. The number of likely N-dealkylation sites (tertiary alicyclic amines) is 1. The minimum atomic E-state index is 0.441. The van der Waals surface area contributed by atoms with Crippen molar-refractivity contribution in [2.75, 3.05) is 13.1 Å². The lowest BCUT2D eigenvalue weighted by Gasteiger charge is -2.32. The predicted molar refractivity (Wildman–Crippen MR) is 74.0 cm³/mol. The van der Waals surface area contributed by atoms with Gasteiger partial charge >= 0.3 is 0 Å². The molecule has 2 nitrogen and oxygen atoms in total. The summed E-state index contributed by atoms with van der Waals surface area (Å²) in [5, 5.41) is 0. The SMILES string of the molecule is CC1CCCCN1Cc1ccc(C#CCN)s1. The summed E-state index contributed by atoms with van der Waals surface area (Å²) in [5.74, 6) is 6.00. The summed E-state index contributed by atoms with van der Waals surface area (Å²) in [7, 11) is 0. The van der Waals surface area contributed by atoms with E-state index in [1.165, 1.54) is 30.7 Å². The topological polar surface area (TPSA) is 29.3 Å². The molecular weight excluding hydrogens is 228 g/mol. The molecule has 1 unspecified atom stereocenters. The summed E-state index contributed by atoms with van der Waals surface area (Å²) in [4.78, 5) is 5.13. The van der Waals surface area contributed by atoms with Crippen LogP contribution in [0.25, 0.3) is 0 Å². The van der Waals surface area contributed by atoms with E-state index in [1.807, 2.05) is 0 Å². The molecule has 0 radical (unpaired) electrons. The van der Waals surface area contributed by atoms with Crippen LogP contribution in [0, 0.1) is 11.8 Å². The molecule has 0 aliphatic carbocycles. The van der Waals surface area contributed by atoms with Crippen molar-refractivity contribution in [2.24, 2.45) is 5.73 Å². The van der Waals surface area contributed by atoms with E-state index in [1.54, 1.807) is 11.3 Å². The highest BCUT2D eigenvalue weighted by Crippen LogP contribution is 2.22. The average Bonchev–Trinajstić information content (AvgIpc) is 2.77. The number of piperidine rings is 1. The van der Waals surface area contributed by atoms with Crippen LogP contribution in [0.15, 0.2) is 12.1 Å². The van der Waals surface area contributed by atoms with Crippen LogP contribution in [0.4, 0.5) is 0 Å². The molecule has 0 aromatic carbocycles. The van der Waals surface area contributed by atoms with Crippen LogP contribution in [0.3, 0.4) is 0 Å². The Morgan fingerprint density at radius 1 is 1.47 bits per heavy atom. The molecule has 2 rings (SSSR count). The first-order valence-corrected chi connectivity index (χ1v) is 7.13. The molecule has 2 heterocycles. The molecule has 0 spiro atoms. The molecule has 1 aliphatic heterocycles. The Balaban J connectivity index is 1.96. The third kappa shape index (κ3) is 3.57. The summed E-state index contributed by atoms with van der Waals surface area (Å²) >= 11 is 1.80.